The average Bonchev–Trinajstić information content (AvgIpc) is 3.50. The van der Waals surface area contributed by atoms with Gasteiger partial charge in [0.25, 0.3) is 18.3 Å². The molecule has 222 valence electrons. The van der Waals surface area contributed by atoms with Gasteiger partial charge in [0.15, 0.2) is 28.1 Å². The Morgan fingerprint density at radius 3 is 2.80 bits per heavy atom. The van der Waals surface area contributed by atoms with E-state index in [1.165, 1.54) is 17.2 Å². The summed E-state index contributed by atoms with van der Waals surface area (Å²) in [6.45, 7) is 0.477. The minimum atomic E-state index is -3.16. The Balaban J connectivity index is 0.00000124. The molecule has 1 fully saturated rings. The van der Waals surface area contributed by atoms with E-state index in [1.807, 2.05) is 7.05 Å². The number of halogens is 1. The fourth-order valence-corrected chi connectivity index (χ4v) is 5.11. The van der Waals surface area contributed by atoms with Crippen molar-refractivity contribution < 1.29 is 46.5 Å². The first-order valence-corrected chi connectivity index (χ1v) is 14.7. The summed E-state index contributed by atoms with van der Waals surface area (Å²) < 4.78 is 53.5. The van der Waals surface area contributed by atoms with E-state index < -0.39 is 15.9 Å². The topological polar surface area (TPSA) is 178 Å². The third-order valence-corrected chi connectivity index (χ3v) is 7.69. The van der Waals surface area contributed by atoms with Crippen LogP contribution in [0.25, 0.3) is 0 Å². The number of aromatic nitrogens is 2. The summed E-state index contributed by atoms with van der Waals surface area (Å²) in [6, 6.07) is 3.14. The number of carboxylic acid groups (broad SMARTS) is 1. The molecule has 41 heavy (non-hydrogen) atoms. The molecule has 1 saturated heterocycles. The van der Waals surface area contributed by atoms with Crippen LogP contribution in [0.5, 0.6) is 11.6 Å². The smallest absolute Gasteiger partial charge is 0.415 e. The summed E-state index contributed by atoms with van der Waals surface area (Å²) in [5, 5.41) is 9.46. The SMILES string of the molecule is CN(CCC1CN(c2cnc3c(n2)NC(=O)CO3)C(=O)O1)C1Cc2cc(OCCS(C)(=O)=O)cc(F)c2C1.O=CO. The summed E-state index contributed by atoms with van der Waals surface area (Å²) in [5.41, 5.74) is 1.48. The number of amides is 2. The molecule has 0 saturated carbocycles. The lowest BCUT2D eigenvalue weighted by molar-refractivity contribution is -0.123. The van der Waals surface area contributed by atoms with E-state index in [0.29, 0.717) is 37.1 Å². The molecule has 3 aliphatic rings. The average molecular weight is 596 g/mol. The number of nitrogens with zero attached hydrogens (tertiary/aromatic N) is 4. The lowest BCUT2D eigenvalue weighted by atomic mass is 10.1. The summed E-state index contributed by atoms with van der Waals surface area (Å²) in [7, 11) is -1.22. The maximum Gasteiger partial charge on any atom is 0.415 e. The van der Waals surface area contributed by atoms with Crippen molar-refractivity contribution in [3.05, 3.63) is 35.3 Å². The second-order valence-electron chi connectivity index (χ2n) is 9.79. The van der Waals surface area contributed by atoms with Crippen LogP contribution in [-0.2, 0) is 37.0 Å². The highest BCUT2D eigenvalue weighted by atomic mass is 32.2. The van der Waals surface area contributed by atoms with Crippen LogP contribution < -0.4 is 19.7 Å². The van der Waals surface area contributed by atoms with Crippen molar-refractivity contribution in [2.45, 2.75) is 31.4 Å². The number of nitrogens with one attached hydrogen (secondary N) is 1. The first-order valence-electron chi connectivity index (χ1n) is 12.6. The van der Waals surface area contributed by atoms with E-state index in [4.69, 9.17) is 24.1 Å². The number of hydrogen-bond acceptors (Lipinski definition) is 11. The summed E-state index contributed by atoms with van der Waals surface area (Å²) in [6.07, 6.45) is 3.33. The van der Waals surface area contributed by atoms with Gasteiger partial charge in [-0.05, 0) is 43.5 Å². The lowest BCUT2D eigenvalue weighted by Crippen LogP contribution is -2.35. The van der Waals surface area contributed by atoms with Gasteiger partial charge < -0.3 is 29.5 Å². The molecular weight excluding hydrogens is 565 g/mol. The van der Waals surface area contributed by atoms with Crippen molar-refractivity contribution in [1.29, 1.82) is 0 Å². The maximum atomic E-state index is 14.7. The minimum Gasteiger partial charge on any atom is -0.492 e. The van der Waals surface area contributed by atoms with Gasteiger partial charge in [0.2, 0.25) is 0 Å². The zero-order valence-corrected chi connectivity index (χ0v) is 23.2. The number of rotatable bonds is 9. The van der Waals surface area contributed by atoms with Gasteiger partial charge in [-0.3, -0.25) is 14.5 Å². The first kappa shape index (κ1) is 29.9. The first-order chi connectivity index (χ1) is 19.5. The van der Waals surface area contributed by atoms with E-state index in [2.05, 4.69) is 20.2 Å². The molecule has 2 unspecified atom stereocenters. The van der Waals surface area contributed by atoms with Crippen LogP contribution in [0.2, 0.25) is 0 Å². The molecule has 3 heterocycles. The number of cyclic esters (lactones) is 1. The molecule has 1 aromatic heterocycles. The van der Waals surface area contributed by atoms with Crippen LogP contribution in [-0.4, -0.2) is 104 Å². The molecule has 5 rings (SSSR count). The van der Waals surface area contributed by atoms with Gasteiger partial charge in [-0.1, -0.05) is 0 Å². The summed E-state index contributed by atoms with van der Waals surface area (Å²) in [4.78, 5) is 44.3. The molecule has 2 amide bonds. The van der Waals surface area contributed by atoms with Gasteiger partial charge >= 0.3 is 6.09 Å². The van der Waals surface area contributed by atoms with E-state index in [0.717, 1.165) is 11.8 Å². The van der Waals surface area contributed by atoms with E-state index in [-0.39, 0.29) is 73.4 Å². The van der Waals surface area contributed by atoms with Gasteiger partial charge in [0.05, 0.1) is 18.5 Å². The Morgan fingerprint density at radius 2 is 2.07 bits per heavy atom. The minimum absolute atomic E-state index is 0.0308. The number of anilines is 2. The number of ether oxygens (including phenoxy) is 3. The molecule has 2 aliphatic heterocycles. The normalized spacial score (nSPS) is 19.4. The number of likely N-dealkylation sites (N-methyl/N-ethyl adjacent to an activating group) is 1. The van der Waals surface area contributed by atoms with Crippen LogP contribution in [0.3, 0.4) is 0 Å². The zero-order chi connectivity index (χ0) is 29.7. The molecule has 0 bridgehead atoms. The molecule has 0 radical (unpaired) electrons. The fraction of sp³-hybridized carbons (Fsp3) is 0.480. The van der Waals surface area contributed by atoms with Crippen LogP contribution in [0.4, 0.5) is 20.8 Å². The summed E-state index contributed by atoms with van der Waals surface area (Å²) in [5.74, 6) is 0.0885. The lowest BCUT2D eigenvalue weighted by Gasteiger charge is -2.25. The standard InChI is InChI=1S/C24H28FN5O7S.CH2O2/c1-29(15-7-14-8-17(10-19(25)18(14)9-15)35-5-6-38(2,33)34)4-3-16-12-30(24(32)37-16)20-11-26-23-22(27-20)28-21(31)13-36-23;2-1-3/h8,10-11,15-16H,3-7,9,12-13H2,1-2H3,(H,27,28,31);1H,(H,2,3). The van der Waals surface area contributed by atoms with Crippen molar-refractivity contribution in [2.24, 2.45) is 0 Å². The molecule has 1 aromatic carbocycles. The molecule has 16 heteroatoms. The fourth-order valence-electron chi connectivity index (χ4n) is 4.72. The highest BCUT2D eigenvalue weighted by Gasteiger charge is 2.35. The Bertz CT molecular complexity index is 1420. The van der Waals surface area contributed by atoms with Crippen LogP contribution in [0.1, 0.15) is 17.5 Å². The second-order valence-corrected chi connectivity index (χ2v) is 12.1. The van der Waals surface area contributed by atoms with Gasteiger partial charge in [-0.15, -0.1) is 0 Å². The predicted octanol–water partition coefficient (Wildman–Crippen LogP) is 0.885. The van der Waals surface area contributed by atoms with Crippen molar-refractivity contribution in [3.63, 3.8) is 0 Å². The van der Waals surface area contributed by atoms with Crippen molar-refractivity contribution in [1.82, 2.24) is 14.9 Å². The van der Waals surface area contributed by atoms with Crippen LogP contribution in [0, 0.1) is 5.82 Å². The molecule has 0 spiro atoms. The van der Waals surface area contributed by atoms with Gasteiger partial charge in [-0.2, -0.15) is 0 Å². The quantitative estimate of drug-likeness (QED) is 0.392. The molecular formula is C25H30FN5O9S. The number of hydrogen-bond donors (Lipinski definition) is 2. The molecule has 14 nitrogen and oxygen atoms in total. The maximum absolute atomic E-state index is 14.7. The second kappa shape index (κ2) is 12.6. The number of sulfone groups is 1. The van der Waals surface area contributed by atoms with Gasteiger partial charge in [-0.25, -0.2) is 27.6 Å². The summed E-state index contributed by atoms with van der Waals surface area (Å²) >= 11 is 0. The van der Waals surface area contributed by atoms with Gasteiger partial charge in [0, 0.05) is 24.9 Å². The third-order valence-electron chi connectivity index (χ3n) is 6.78. The molecule has 1 aliphatic carbocycles. The highest BCUT2D eigenvalue weighted by molar-refractivity contribution is 7.90. The monoisotopic (exact) mass is 595 g/mol. The van der Waals surface area contributed by atoms with E-state index >= 15 is 0 Å². The van der Waals surface area contributed by atoms with Crippen molar-refractivity contribution in [3.8, 4) is 11.6 Å². The van der Waals surface area contributed by atoms with Crippen LogP contribution >= 0.6 is 0 Å². The molecule has 2 aromatic rings. The highest BCUT2D eigenvalue weighted by Crippen LogP contribution is 2.32. The number of fused-ring (bicyclic) bond motifs is 2. The van der Waals surface area contributed by atoms with E-state index in [9.17, 15) is 22.4 Å². The Labute approximate surface area is 235 Å². The Kier molecular flexibility index (Phi) is 9.22. The Morgan fingerprint density at radius 1 is 1.32 bits per heavy atom. The largest absolute Gasteiger partial charge is 0.492 e. The number of carbonyl (C=O) groups is 3. The van der Waals surface area contributed by atoms with Crippen molar-refractivity contribution >= 4 is 39.9 Å². The molecule has 2 atom stereocenters. The van der Waals surface area contributed by atoms with E-state index in [1.54, 1.807) is 6.07 Å². The van der Waals surface area contributed by atoms with Gasteiger partial charge in [0.1, 0.15) is 24.3 Å². The van der Waals surface area contributed by atoms with Crippen molar-refractivity contribution in [2.75, 3.05) is 55.6 Å². The predicted molar refractivity (Wildman–Crippen MR) is 143 cm³/mol. The Hall–Kier alpha value is -4.05. The van der Waals surface area contributed by atoms with Crippen LogP contribution in [0.15, 0.2) is 18.3 Å². The third kappa shape index (κ3) is 7.58. The zero-order valence-electron chi connectivity index (χ0n) is 22.4. The number of benzene rings is 1. The molecule has 2 N–H and O–H groups in total. The number of carbonyl (C=O) groups excluding carboxylic acids is 2.